The van der Waals surface area contributed by atoms with Crippen LogP contribution in [0.1, 0.15) is 31.9 Å². The molecule has 0 saturated heterocycles. The van der Waals surface area contributed by atoms with Gasteiger partial charge in [-0.05, 0) is 57.9 Å². The lowest BCUT2D eigenvalue weighted by atomic mass is 10.1. The van der Waals surface area contributed by atoms with Crippen molar-refractivity contribution in [3.8, 4) is 6.07 Å². The molecule has 0 aliphatic rings. The van der Waals surface area contributed by atoms with Crippen molar-refractivity contribution in [2.75, 3.05) is 5.32 Å². The Hall–Kier alpha value is -2.28. The summed E-state index contributed by atoms with van der Waals surface area (Å²) in [5, 5.41) is 14.8. The minimum absolute atomic E-state index is 0.0538. The maximum atomic E-state index is 11.9. The monoisotopic (exact) mass is 271 g/mol. The Morgan fingerprint density at radius 2 is 1.90 bits per heavy atom. The van der Waals surface area contributed by atoms with Crippen LogP contribution in [0.5, 0.6) is 0 Å². The van der Waals surface area contributed by atoms with Gasteiger partial charge in [-0.2, -0.15) is 5.26 Å². The fourth-order valence-corrected chi connectivity index (χ4v) is 1.54. The van der Waals surface area contributed by atoms with Gasteiger partial charge in [-0.3, -0.25) is 4.79 Å². The third-order valence-electron chi connectivity index (χ3n) is 2.74. The number of carbonyl (C=O) groups excluding carboxylic acids is 1. The highest BCUT2D eigenvalue weighted by Gasteiger charge is 2.16. The summed E-state index contributed by atoms with van der Waals surface area (Å²) in [6, 6.07) is 7.79. The van der Waals surface area contributed by atoms with E-state index in [0.29, 0.717) is 0 Å². The van der Waals surface area contributed by atoms with Crippen LogP contribution in [0.2, 0.25) is 0 Å². The van der Waals surface area contributed by atoms with Gasteiger partial charge in [0.25, 0.3) is 5.91 Å². The average molecular weight is 271 g/mol. The summed E-state index contributed by atoms with van der Waals surface area (Å²) in [5.41, 5.74) is 2.89. The predicted octanol–water partition coefficient (Wildman–Crippen LogP) is 3.04. The van der Waals surface area contributed by atoms with Crippen molar-refractivity contribution in [3.05, 3.63) is 41.1 Å². The normalized spacial score (nSPS) is 11.7. The first-order valence-corrected chi connectivity index (χ1v) is 6.49. The zero-order chi connectivity index (χ0) is 15.3. The van der Waals surface area contributed by atoms with Gasteiger partial charge in [0, 0.05) is 17.4 Å². The smallest absolute Gasteiger partial charge is 0.263 e. The second kappa shape index (κ2) is 6.25. The number of aryl methyl sites for hydroxylation is 2. The lowest BCUT2D eigenvalue weighted by molar-refractivity contribution is -0.118. The van der Waals surface area contributed by atoms with Crippen LogP contribution < -0.4 is 10.6 Å². The topological polar surface area (TPSA) is 64.9 Å². The van der Waals surface area contributed by atoms with E-state index in [2.05, 4.69) is 10.6 Å². The molecule has 0 fully saturated rings. The average Bonchev–Trinajstić information content (AvgIpc) is 2.32. The van der Waals surface area contributed by atoms with Crippen molar-refractivity contribution in [2.45, 2.75) is 40.2 Å². The Labute approximate surface area is 120 Å². The van der Waals surface area contributed by atoms with E-state index in [9.17, 15) is 4.79 Å². The van der Waals surface area contributed by atoms with E-state index in [4.69, 9.17) is 5.26 Å². The van der Waals surface area contributed by atoms with Crippen LogP contribution >= 0.6 is 0 Å². The van der Waals surface area contributed by atoms with E-state index in [1.165, 1.54) is 11.8 Å². The third kappa shape index (κ3) is 4.77. The molecule has 1 amide bonds. The van der Waals surface area contributed by atoms with Gasteiger partial charge in [-0.15, -0.1) is 0 Å². The predicted molar refractivity (Wildman–Crippen MR) is 81.1 cm³/mol. The standard InChI is InChI=1S/C16H21N3O/c1-11-6-7-14(8-12(11)2)18-10-13(9-17)15(20)19-16(3,4)5/h6-8,10,18H,1-5H3,(H,19,20)/b13-10-. The summed E-state index contributed by atoms with van der Waals surface area (Å²) < 4.78 is 0. The molecule has 106 valence electrons. The molecule has 0 aliphatic heterocycles. The van der Waals surface area contributed by atoms with Crippen molar-refractivity contribution in [1.82, 2.24) is 5.32 Å². The van der Waals surface area contributed by atoms with Gasteiger partial charge in [-0.1, -0.05) is 6.07 Å². The lowest BCUT2D eigenvalue weighted by Gasteiger charge is -2.20. The van der Waals surface area contributed by atoms with Gasteiger partial charge in [0.2, 0.25) is 0 Å². The summed E-state index contributed by atoms with van der Waals surface area (Å²) in [6.07, 6.45) is 1.44. The molecule has 0 aliphatic carbocycles. The first-order valence-electron chi connectivity index (χ1n) is 6.49. The zero-order valence-electron chi connectivity index (χ0n) is 12.7. The molecule has 4 nitrogen and oxygen atoms in total. The zero-order valence-corrected chi connectivity index (χ0v) is 12.7. The number of rotatable bonds is 3. The minimum Gasteiger partial charge on any atom is -0.360 e. The molecule has 0 atom stereocenters. The number of amides is 1. The van der Waals surface area contributed by atoms with Gasteiger partial charge < -0.3 is 10.6 Å². The highest BCUT2D eigenvalue weighted by molar-refractivity contribution is 5.97. The molecule has 20 heavy (non-hydrogen) atoms. The van der Waals surface area contributed by atoms with Crippen molar-refractivity contribution in [3.63, 3.8) is 0 Å². The van der Waals surface area contributed by atoms with Crippen LogP contribution in [0.25, 0.3) is 0 Å². The molecule has 0 aromatic heterocycles. The van der Waals surface area contributed by atoms with Gasteiger partial charge in [0.1, 0.15) is 11.6 Å². The van der Waals surface area contributed by atoms with Gasteiger partial charge in [-0.25, -0.2) is 0 Å². The molecule has 1 aromatic rings. The van der Waals surface area contributed by atoms with E-state index < -0.39 is 0 Å². The molecule has 0 saturated carbocycles. The SMILES string of the molecule is Cc1ccc(N/C=C(/C#N)C(=O)NC(C)(C)C)cc1C. The molecule has 0 bridgehead atoms. The van der Waals surface area contributed by atoms with E-state index >= 15 is 0 Å². The molecule has 1 rings (SSSR count). The van der Waals surface area contributed by atoms with Crippen LogP contribution in [0.4, 0.5) is 5.69 Å². The van der Waals surface area contributed by atoms with E-state index in [0.717, 1.165) is 11.3 Å². The second-order valence-corrected chi connectivity index (χ2v) is 5.82. The van der Waals surface area contributed by atoms with Crippen molar-refractivity contribution >= 4 is 11.6 Å². The number of anilines is 1. The minimum atomic E-state index is -0.378. The maximum absolute atomic E-state index is 11.9. The Balaban J connectivity index is 2.83. The van der Waals surface area contributed by atoms with Crippen LogP contribution in [-0.2, 0) is 4.79 Å². The summed E-state index contributed by atoms with van der Waals surface area (Å²) >= 11 is 0. The molecule has 0 heterocycles. The number of hydrogen-bond donors (Lipinski definition) is 2. The second-order valence-electron chi connectivity index (χ2n) is 5.82. The van der Waals surface area contributed by atoms with E-state index in [1.807, 2.05) is 58.9 Å². The Kier molecular flexibility index (Phi) is 4.93. The first-order chi connectivity index (χ1) is 9.23. The summed E-state index contributed by atoms with van der Waals surface area (Å²) in [5.74, 6) is -0.378. The third-order valence-corrected chi connectivity index (χ3v) is 2.74. The van der Waals surface area contributed by atoms with Gasteiger partial charge in [0.05, 0.1) is 0 Å². The summed E-state index contributed by atoms with van der Waals surface area (Å²) in [7, 11) is 0. The molecule has 0 radical (unpaired) electrons. The first kappa shape index (κ1) is 15.8. The largest absolute Gasteiger partial charge is 0.360 e. The molecule has 4 heteroatoms. The van der Waals surface area contributed by atoms with Gasteiger partial charge in [0.15, 0.2) is 0 Å². The number of carbonyl (C=O) groups is 1. The van der Waals surface area contributed by atoms with Crippen molar-refractivity contribution in [1.29, 1.82) is 5.26 Å². The van der Waals surface area contributed by atoms with Crippen molar-refractivity contribution < 1.29 is 4.79 Å². The molecule has 0 spiro atoms. The fourth-order valence-electron chi connectivity index (χ4n) is 1.54. The Bertz CT molecular complexity index is 574. The molecular formula is C16H21N3O. The molecular weight excluding hydrogens is 250 g/mol. The van der Waals surface area contributed by atoms with Gasteiger partial charge >= 0.3 is 0 Å². The van der Waals surface area contributed by atoms with Crippen LogP contribution in [0.15, 0.2) is 30.0 Å². The fraction of sp³-hybridized carbons (Fsp3) is 0.375. The van der Waals surface area contributed by atoms with Crippen LogP contribution in [-0.4, -0.2) is 11.4 Å². The Morgan fingerprint density at radius 3 is 2.40 bits per heavy atom. The molecule has 1 aromatic carbocycles. The molecule has 2 N–H and O–H groups in total. The number of nitriles is 1. The quantitative estimate of drug-likeness (QED) is 0.656. The number of hydrogen-bond acceptors (Lipinski definition) is 3. The number of nitrogens with one attached hydrogen (secondary N) is 2. The highest BCUT2D eigenvalue weighted by atomic mass is 16.1. The highest BCUT2D eigenvalue weighted by Crippen LogP contribution is 2.14. The van der Waals surface area contributed by atoms with E-state index in [-0.39, 0.29) is 17.0 Å². The lowest BCUT2D eigenvalue weighted by Crippen LogP contribution is -2.41. The molecule has 0 unspecified atom stereocenters. The van der Waals surface area contributed by atoms with Crippen LogP contribution in [0.3, 0.4) is 0 Å². The number of benzene rings is 1. The van der Waals surface area contributed by atoms with Crippen molar-refractivity contribution in [2.24, 2.45) is 0 Å². The summed E-state index contributed by atoms with van der Waals surface area (Å²) in [6.45, 7) is 9.66. The summed E-state index contributed by atoms with van der Waals surface area (Å²) in [4.78, 5) is 11.9. The van der Waals surface area contributed by atoms with E-state index in [1.54, 1.807) is 0 Å². The maximum Gasteiger partial charge on any atom is 0.263 e. The van der Waals surface area contributed by atoms with Crippen LogP contribution in [0, 0.1) is 25.2 Å². The number of nitrogens with zero attached hydrogens (tertiary/aromatic N) is 1. The Morgan fingerprint density at radius 1 is 1.25 bits per heavy atom.